The van der Waals surface area contributed by atoms with Crippen LogP contribution in [0.3, 0.4) is 0 Å². The molecule has 0 bridgehead atoms. The van der Waals surface area contributed by atoms with Crippen molar-refractivity contribution < 1.29 is 9.53 Å². The molecule has 1 saturated heterocycles. The van der Waals surface area contributed by atoms with Gasteiger partial charge in [0, 0.05) is 0 Å². The molecule has 4 rings (SSSR count). The Kier molecular flexibility index (Phi) is 5.79. The van der Waals surface area contributed by atoms with Crippen molar-refractivity contribution in [3.8, 4) is 5.75 Å². The number of hydrogen-bond donors (Lipinski definition) is 0. The van der Waals surface area contributed by atoms with Crippen LogP contribution in [0.5, 0.6) is 5.75 Å². The van der Waals surface area contributed by atoms with E-state index in [1.54, 1.807) is 4.90 Å². The van der Waals surface area contributed by atoms with Gasteiger partial charge in [0.1, 0.15) is 12.4 Å². The Balaban J connectivity index is 1.45. The number of rotatable bonds is 5. The van der Waals surface area contributed by atoms with Crippen molar-refractivity contribution in [2.24, 2.45) is 0 Å². The van der Waals surface area contributed by atoms with E-state index in [1.807, 2.05) is 91.9 Å². The number of anilines is 1. The first kappa shape index (κ1) is 19.4. The minimum absolute atomic E-state index is 0.0896. The molecule has 0 aliphatic carbocycles. The van der Waals surface area contributed by atoms with Gasteiger partial charge in [0.05, 0.1) is 10.6 Å². The zero-order chi connectivity index (χ0) is 20.2. The van der Waals surface area contributed by atoms with Crippen LogP contribution < -0.4 is 9.64 Å². The van der Waals surface area contributed by atoms with Gasteiger partial charge in [0.25, 0.3) is 5.91 Å². The molecule has 1 fully saturated rings. The summed E-state index contributed by atoms with van der Waals surface area (Å²) in [7, 11) is 0. The Morgan fingerprint density at radius 3 is 2.34 bits per heavy atom. The first-order chi connectivity index (χ1) is 14.1. The van der Waals surface area contributed by atoms with Gasteiger partial charge in [-0.2, -0.15) is 0 Å². The average Bonchev–Trinajstić information content (AvgIpc) is 3.02. The Labute approximate surface area is 180 Å². The average molecular weight is 418 g/mol. The minimum atomic E-state index is -0.0896. The van der Waals surface area contributed by atoms with Gasteiger partial charge < -0.3 is 4.74 Å². The van der Waals surface area contributed by atoms with Gasteiger partial charge in [-0.3, -0.25) is 9.69 Å². The molecule has 0 atom stereocenters. The maximum Gasteiger partial charge on any atom is 0.270 e. The predicted octanol–water partition coefficient (Wildman–Crippen LogP) is 5.98. The second-order valence-corrected chi connectivity index (χ2v) is 8.37. The van der Waals surface area contributed by atoms with E-state index >= 15 is 0 Å². The lowest BCUT2D eigenvalue weighted by Gasteiger charge is -2.14. The molecule has 0 radical (unpaired) electrons. The van der Waals surface area contributed by atoms with Crippen LogP contribution in [0.1, 0.15) is 16.7 Å². The summed E-state index contributed by atoms with van der Waals surface area (Å²) in [5.41, 5.74) is 3.99. The summed E-state index contributed by atoms with van der Waals surface area (Å²) in [6.07, 6.45) is 1.87. The van der Waals surface area contributed by atoms with E-state index in [1.165, 1.54) is 11.8 Å². The van der Waals surface area contributed by atoms with Crippen molar-refractivity contribution in [3.63, 3.8) is 0 Å². The number of hydrogen-bond acceptors (Lipinski definition) is 4. The fraction of sp³-hybridized carbons (Fsp3) is 0.0833. The van der Waals surface area contributed by atoms with Crippen LogP contribution in [-0.2, 0) is 11.4 Å². The van der Waals surface area contributed by atoms with Crippen LogP contribution >= 0.6 is 24.0 Å². The van der Waals surface area contributed by atoms with E-state index in [2.05, 4.69) is 0 Å². The first-order valence-corrected chi connectivity index (χ1v) is 10.4. The number of nitrogens with zero attached hydrogens (tertiary/aromatic N) is 1. The molecule has 0 spiro atoms. The van der Waals surface area contributed by atoms with Crippen molar-refractivity contribution in [1.82, 2.24) is 0 Å². The first-order valence-electron chi connectivity index (χ1n) is 9.21. The summed E-state index contributed by atoms with van der Waals surface area (Å²) in [6.45, 7) is 2.54. The van der Waals surface area contributed by atoms with E-state index < -0.39 is 0 Å². The molecule has 3 aromatic rings. The summed E-state index contributed by atoms with van der Waals surface area (Å²) in [5, 5.41) is 0. The highest BCUT2D eigenvalue weighted by Crippen LogP contribution is 2.36. The lowest BCUT2D eigenvalue weighted by Crippen LogP contribution is -2.27. The maximum absolute atomic E-state index is 12.9. The zero-order valence-electron chi connectivity index (χ0n) is 15.9. The Morgan fingerprint density at radius 1 is 0.966 bits per heavy atom. The van der Waals surface area contributed by atoms with Crippen LogP contribution in [0.25, 0.3) is 6.08 Å². The molecular weight excluding hydrogens is 398 g/mol. The molecule has 0 unspecified atom stereocenters. The smallest absolute Gasteiger partial charge is 0.270 e. The molecule has 1 aliphatic rings. The molecule has 0 aromatic heterocycles. The highest BCUT2D eigenvalue weighted by Gasteiger charge is 2.33. The van der Waals surface area contributed by atoms with Crippen molar-refractivity contribution in [3.05, 3.63) is 100 Å². The topological polar surface area (TPSA) is 29.5 Å². The lowest BCUT2D eigenvalue weighted by molar-refractivity contribution is -0.113. The van der Waals surface area contributed by atoms with Crippen LogP contribution in [0.2, 0.25) is 0 Å². The number of amides is 1. The minimum Gasteiger partial charge on any atom is -0.489 e. The summed E-state index contributed by atoms with van der Waals surface area (Å²) >= 11 is 6.76. The van der Waals surface area contributed by atoms with Gasteiger partial charge >= 0.3 is 0 Å². The lowest BCUT2D eigenvalue weighted by atomic mass is 10.2. The highest BCUT2D eigenvalue weighted by atomic mass is 32.2. The number of carbonyl (C=O) groups is 1. The second-order valence-electron chi connectivity index (χ2n) is 6.70. The van der Waals surface area contributed by atoms with Crippen LogP contribution in [0.15, 0.2) is 83.8 Å². The third-order valence-electron chi connectivity index (χ3n) is 4.51. The molecule has 1 heterocycles. The molecule has 1 aliphatic heterocycles. The van der Waals surface area contributed by atoms with E-state index in [4.69, 9.17) is 17.0 Å². The number of benzene rings is 3. The Hall–Kier alpha value is -2.89. The summed E-state index contributed by atoms with van der Waals surface area (Å²) in [6, 6.07) is 25.5. The number of carbonyl (C=O) groups excluding carboxylic acids is 1. The Bertz CT molecular complexity index is 1060. The Morgan fingerprint density at radius 2 is 1.66 bits per heavy atom. The van der Waals surface area contributed by atoms with E-state index in [0.29, 0.717) is 15.8 Å². The molecule has 29 heavy (non-hydrogen) atoms. The van der Waals surface area contributed by atoms with E-state index in [0.717, 1.165) is 28.1 Å². The predicted molar refractivity (Wildman–Crippen MR) is 124 cm³/mol. The van der Waals surface area contributed by atoms with Gasteiger partial charge in [-0.25, -0.2) is 0 Å². The monoisotopic (exact) mass is 417 g/mol. The van der Waals surface area contributed by atoms with E-state index in [-0.39, 0.29) is 5.91 Å². The molecule has 0 saturated carbocycles. The summed E-state index contributed by atoms with van der Waals surface area (Å²) in [4.78, 5) is 15.1. The van der Waals surface area contributed by atoms with Gasteiger partial charge in [0.2, 0.25) is 0 Å². The summed E-state index contributed by atoms with van der Waals surface area (Å²) in [5.74, 6) is 0.700. The molecule has 3 nitrogen and oxygen atoms in total. The van der Waals surface area contributed by atoms with Gasteiger partial charge in [0.15, 0.2) is 4.32 Å². The second kappa shape index (κ2) is 8.64. The van der Waals surface area contributed by atoms with Gasteiger partial charge in [-0.1, -0.05) is 84.1 Å². The fourth-order valence-electron chi connectivity index (χ4n) is 2.94. The quantitative estimate of drug-likeness (QED) is 0.377. The fourth-order valence-corrected chi connectivity index (χ4v) is 4.24. The standard InChI is InChI=1S/C24H19NO2S2/c1-17-7-11-20(12-8-17)25-23(26)22(29-24(25)28)15-18-9-13-21(14-10-18)27-16-19-5-3-2-4-6-19/h2-15H,16H2,1H3. The number of thiocarbonyl (C=S) groups is 1. The van der Waals surface area contributed by atoms with Crippen LogP contribution in [-0.4, -0.2) is 10.2 Å². The number of aryl methyl sites for hydroxylation is 1. The van der Waals surface area contributed by atoms with Crippen molar-refractivity contribution in [2.75, 3.05) is 4.90 Å². The number of thioether (sulfide) groups is 1. The van der Waals surface area contributed by atoms with Gasteiger partial charge in [-0.15, -0.1) is 0 Å². The molecule has 144 valence electrons. The third kappa shape index (κ3) is 4.58. The van der Waals surface area contributed by atoms with Crippen molar-refractivity contribution in [1.29, 1.82) is 0 Å². The molecular formula is C24H19NO2S2. The van der Waals surface area contributed by atoms with Crippen LogP contribution in [0, 0.1) is 6.92 Å². The normalized spacial score (nSPS) is 15.2. The highest BCUT2D eigenvalue weighted by molar-refractivity contribution is 8.27. The van der Waals surface area contributed by atoms with E-state index in [9.17, 15) is 4.79 Å². The maximum atomic E-state index is 12.9. The summed E-state index contributed by atoms with van der Waals surface area (Å²) < 4.78 is 6.37. The molecule has 0 N–H and O–H groups in total. The third-order valence-corrected chi connectivity index (χ3v) is 5.81. The molecule has 5 heteroatoms. The van der Waals surface area contributed by atoms with Crippen molar-refractivity contribution >= 4 is 46.0 Å². The zero-order valence-corrected chi connectivity index (χ0v) is 17.5. The molecule has 1 amide bonds. The van der Waals surface area contributed by atoms with Gasteiger partial charge in [-0.05, 0) is 48.4 Å². The molecule has 3 aromatic carbocycles. The number of ether oxygens (including phenoxy) is 1. The van der Waals surface area contributed by atoms with Crippen LogP contribution in [0.4, 0.5) is 5.69 Å². The van der Waals surface area contributed by atoms with Crippen molar-refractivity contribution in [2.45, 2.75) is 13.5 Å². The SMILES string of the molecule is Cc1ccc(N2C(=O)C(=Cc3ccc(OCc4ccccc4)cc3)SC2=S)cc1. The largest absolute Gasteiger partial charge is 0.489 e.